The van der Waals surface area contributed by atoms with Gasteiger partial charge in [0.25, 0.3) is 0 Å². The van der Waals surface area contributed by atoms with Gasteiger partial charge in [0.05, 0.1) is 0 Å². The van der Waals surface area contributed by atoms with Crippen molar-refractivity contribution < 1.29 is 4.39 Å². The first kappa shape index (κ1) is 17.7. The minimum absolute atomic E-state index is 0.213. The molecular formula is C19H28FN5. The van der Waals surface area contributed by atoms with Crippen LogP contribution in [0.2, 0.25) is 0 Å². The van der Waals surface area contributed by atoms with Crippen molar-refractivity contribution in [3.63, 3.8) is 0 Å². The minimum atomic E-state index is -0.213. The van der Waals surface area contributed by atoms with Crippen LogP contribution in [0.25, 0.3) is 10.9 Å². The molecule has 1 aliphatic carbocycles. The Morgan fingerprint density at radius 1 is 1.36 bits per heavy atom. The topological polar surface area (TPSA) is 55.5 Å². The zero-order chi connectivity index (χ0) is 17.8. The lowest BCUT2D eigenvalue weighted by molar-refractivity contribution is 0.264. The molecule has 0 radical (unpaired) electrons. The van der Waals surface area contributed by atoms with E-state index in [9.17, 15) is 4.39 Å². The van der Waals surface area contributed by atoms with Gasteiger partial charge in [-0.05, 0) is 63.0 Å². The van der Waals surface area contributed by atoms with Gasteiger partial charge < -0.3 is 20.5 Å². The van der Waals surface area contributed by atoms with E-state index in [1.807, 2.05) is 12.3 Å². The number of aromatic amines is 1. The molecule has 5 nitrogen and oxygen atoms in total. The fraction of sp³-hybridized carbons (Fsp3) is 0.526. The Kier molecular flexibility index (Phi) is 5.58. The van der Waals surface area contributed by atoms with Crippen LogP contribution in [0.5, 0.6) is 0 Å². The SMILES string of the molecule is CN=C(NCCc1c[nH]c2cc(F)ccc12)NCC(C1CC1)N(C)C. The number of guanidine groups is 1. The largest absolute Gasteiger partial charge is 0.361 e. The lowest BCUT2D eigenvalue weighted by Crippen LogP contribution is -2.46. The van der Waals surface area contributed by atoms with E-state index in [0.29, 0.717) is 6.04 Å². The first-order valence-corrected chi connectivity index (χ1v) is 8.95. The van der Waals surface area contributed by atoms with Gasteiger partial charge in [-0.15, -0.1) is 0 Å². The number of rotatable bonds is 7. The van der Waals surface area contributed by atoms with Gasteiger partial charge >= 0.3 is 0 Å². The van der Waals surface area contributed by atoms with Gasteiger partial charge in [-0.2, -0.15) is 0 Å². The molecule has 1 aliphatic rings. The van der Waals surface area contributed by atoms with Crippen LogP contribution in [0.1, 0.15) is 18.4 Å². The van der Waals surface area contributed by atoms with Gasteiger partial charge in [-0.25, -0.2) is 4.39 Å². The predicted octanol–water partition coefficient (Wildman–Crippen LogP) is 2.35. The highest BCUT2D eigenvalue weighted by Crippen LogP contribution is 2.34. The van der Waals surface area contributed by atoms with E-state index in [-0.39, 0.29) is 5.82 Å². The first-order chi connectivity index (χ1) is 12.1. The van der Waals surface area contributed by atoms with Crippen LogP contribution < -0.4 is 10.6 Å². The molecular weight excluding hydrogens is 317 g/mol. The van der Waals surface area contributed by atoms with Crippen molar-refractivity contribution in [2.75, 3.05) is 34.2 Å². The second kappa shape index (κ2) is 7.87. The van der Waals surface area contributed by atoms with Crippen molar-refractivity contribution in [3.05, 3.63) is 35.8 Å². The number of H-pyrrole nitrogens is 1. The summed E-state index contributed by atoms with van der Waals surface area (Å²) in [6, 6.07) is 5.43. The molecule has 1 unspecified atom stereocenters. The lowest BCUT2D eigenvalue weighted by atomic mass is 10.1. The summed E-state index contributed by atoms with van der Waals surface area (Å²) in [6.07, 6.45) is 5.47. The smallest absolute Gasteiger partial charge is 0.191 e. The van der Waals surface area contributed by atoms with E-state index in [4.69, 9.17) is 0 Å². The lowest BCUT2D eigenvalue weighted by Gasteiger charge is -2.25. The molecule has 1 heterocycles. The molecule has 3 rings (SSSR count). The average Bonchev–Trinajstić information content (AvgIpc) is 3.34. The van der Waals surface area contributed by atoms with Crippen LogP contribution in [0.15, 0.2) is 29.4 Å². The number of nitrogens with one attached hydrogen (secondary N) is 3. The Bertz CT molecular complexity index is 730. The number of nitrogens with zero attached hydrogens (tertiary/aromatic N) is 2. The molecule has 0 amide bonds. The van der Waals surface area contributed by atoms with E-state index in [1.165, 1.54) is 30.5 Å². The van der Waals surface area contributed by atoms with Crippen molar-refractivity contribution >= 4 is 16.9 Å². The van der Waals surface area contributed by atoms with E-state index >= 15 is 0 Å². The second-order valence-corrected chi connectivity index (χ2v) is 7.00. The zero-order valence-corrected chi connectivity index (χ0v) is 15.3. The Hall–Kier alpha value is -2.08. The number of aliphatic imine (C=N–C) groups is 1. The Labute approximate surface area is 148 Å². The summed E-state index contributed by atoms with van der Waals surface area (Å²) < 4.78 is 13.3. The zero-order valence-electron chi connectivity index (χ0n) is 15.3. The maximum Gasteiger partial charge on any atom is 0.191 e. The molecule has 3 N–H and O–H groups in total. The normalized spacial score (nSPS) is 16.4. The minimum Gasteiger partial charge on any atom is -0.361 e. The first-order valence-electron chi connectivity index (χ1n) is 8.95. The molecule has 1 aromatic carbocycles. The van der Waals surface area contributed by atoms with Crippen LogP contribution in [-0.2, 0) is 6.42 Å². The van der Waals surface area contributed by atoms with Gasteiger partial charge in [-0.1, -0.05) is 0 Å². The van der Waals surface area contributed by atoms with Gasteiger partial charge in [0.1, 0.15) is 5.82 Å². The summed E-state index contributed by atoms with van der Waals surface area (Å²) in [5, 5.41) is 7.88. The number of hydrogen-bond donors (Lipinski definition) is 3. The maximum atomic E-state index is 13.3. The van der Waals surface area contributed by atoms with Crippen molar-refractivity contribution in [1.29, 1.82) is 0 Å². The third-order valence-corrected chi connectivity index (χ3v) is 4.95. The van der Waals surface area contributed by atoms with Crippen molar-refractivity contribution in [3.8, 4) is 0 Å². The molecule has 0 bridgehead atoms. The summed E-state index contributed by atoms with van der Waals surface area (Å²) >= 11 is 0. The monoisotopic (exact) mass is 345 g/mol. The molecule has 0 spiro atoms. The van der Waals surface area contributed by atoms with Crippen LogP contribution in [0, 0.1) is 11.7 Å². The summed E-state index contributed by atoms with van der Waals surface area (Å²) in [5.74, 6) is 1.43. The van der Waals surface area contributed by atoms with Gasteiger partial charge in [0.15, 0.2) is 5.96 Å². The Morgan fingerprint density at radius 2 is 2.16 bits per heavy atom. The van der Waals surface area contributed by atoms with Crippen molar-refractivity contribution in [2.24, 2.45) is 10.9 Å². The second-order valence-electron chi connectivity index (χ2n) is 7.00. The molecule has 0 saturated heterocycles. The summed E-state index contributed by atoms with van der Waals surface area (Å²) in [5.41, 5.74) is 2.03. The molecule has 1 saturated carbocycles. The third-order valence-electron chi connectivity index (χ3n) is 4.95. The molecule has 1 fully saturated rings. The molecule has 1 atom stereocenters. The average molecular weight is 345 g/mol. The predicted molar refractivity (Wildman–Crippen MR) is 102 cm³/mol. The molecule has 2 aromatic rings. The molecule has 136 valence electrons. The Balaban J connectivity index is 1.49. The van der Waals surface area contributed by atoms with E-state index in [0.717, 1.165) is 42.3 Å². The highest BCUT2D eigenvalue weighted by molar-refractivity contribution is 5.83. The molecule has 6 heteroatoms. The number of halogens is 1. The maximum absolute atomic E-state index is 13.3. The van der Waals surface area contributed by atoms with E-state index in [1.54, 1.807) is 7.05 Å². The standard InChI is InChI=1S/C19H28FN5/c1-21-19(24-12-18(25(2)3)13-4-5-13)22-9-8-14-11-23-17-10-15(20)6-7-16(14)17/h6-7,10-11,13,18,23H,4-5,8-9,12H2,1-3H3,(H2,21,22,24). The molecule has 0 aliphatic heterocycles. The van der Waals surface area contributed by atoms with E-state index in [2.05, 4.69) is 39.6 Å². The summed E-state index contributed by atoms with van der Waals surface area (Å²) in [6.45, 7) is 1.68. The summed E-state index contributed by atoms with van der Waals surface area (Å²) in [4.78, 5) is 9.74. The highest BCUT2D eigenvalue weighted by atomic mass is 19.1. The summed E-state index contributed by atoms with van der Waals surface area (Å²) in [7, 11) is 6.08. The van der Waals surface area contributed by atoms with Crippen LogP contribution >= 0.6 is 0 Å². The highest BCUT2D eigenvalue weighted by Gasteiger charge is 2.32. The van der Waals surface area contributed by atoms with Gasteiger partial charge in [0, 0.05) is 43.3 Å². The van der Waals surface area contributed by atoms with Crippen molar-refractivity contribution in [1.82, 2.24) is 20.5 Å². The van der Waals surface area contributed by atoms with Crippen LogP contribution in [-0.4, -0.2) is 56.1 Å². The number of fused-ring (bicyclic) bond motifs is 1. The number of hydrogen-bond acceptors (Lipinski definition) is 2. The van der Waals surface area contributed by atoms with Crippen molar-refractivity contribution in [2.45, 2.75) is 25.3 Å². The number of likely N-dealkylation sites (N-methyl/N-ethyl adjacent to an activating group) is 1. The van der Waals surface area contributed by atoms with E-state index < -0.39 is 0 Å². The van der Waals surface area contributed by atoms with Crippen LogP contribution in [0.4, 0.5) is 4.39 Å². The fourth-order valence-corrected chi connectivity index (χ4v) is 3.35. The van der Waals surface area contributed by atoms with Gasteiger partial charge in [-0.3, -0.25) is 4.99 Å². The number of aromatic nitrogens is 1. The van der Waals surface area contributed by atoms with Crippen LogP contribution in [0.3, 0.4) is 0 Å². The molecule has 25 heavy (non-hydrogen) atoms. The Morgan fingerprint density at radius 3 is 2.84 bits per heavy atom. The quantitative estimate of drug-likeness (QED) is 0.533. The molecule has 1 aromatic heterocycles. The van der Waals surface area contributed by atoms with Gasteiger partial charge in [0.2, 0.25) is 0 Å². The third kappa shape index (κ3) is 4.51. The fourth-order valence-electron chi connectivity index (χ4n) is 3.35. The number of benzene rings is 1.